The van der Waals surface area contributed by atoms with Crippen LogP contribution in [0.3, 0.4) is 0 Å². The fourth-order valence-corrected chi connectivity index (χ4v) is 3.99. The van der Waals surface area contributed by atoms with Gasteiger partial charge in [-0.05, 0) is 49.6 Å². The number of likely N-dealkylation sites (tertiary alicyclic amines) is 1. The normalized spacial score (nSPS) is 20.8. The minimum absolute atomic E-state index is 0.256. The molecular weight excluding hydrogens is 312 g/mol. The van der Waals surface area contributed by atoms with Crippen LogP contribution in [0.1, 0.15) is 37.7 Å². The Hall–Kier alpha value is -2.61. The van der Waals surface area contributed by atoms with Gasteiger partial charge in [-0.25, -0.2) is 4.98 Å². The maximum Gasteiger partial charge on any atom is 0.225 e. The average molecular weight is 334 g/mol. The molecule has 0 spiro atoms. The van der Waals surface area contributed by atoms with Crippen molar-refractivity contribution in [2.45, 2.75) is 38.1 Å². The number of hydrogen-bond donors (Lipinski definition) is 1. The molecule has 1 amide bonds. The number of benzene rings is 1. The van der Waals surface area contributed by atoms with E-state index in [4.69, 9.17) is 5.26 Å². The Labute approximate surface area is 147 Å². The molecule has 0 bridgehead atoms. The molecule has 2 aliphatic rings. The Kier molecular flexibility index (Phi) is 4.27. The predicted molar refractivity (Wildman–Crippen MR) is 97.0 cm³/mol. The van der Waals surface area contributed by atoms with Crippen LogP contribution in [-0.2, 0) is 4.79 Å². The van der Waals surface area contributed by atoms with Gasteiger partial charge in [-0.3, -0.25) is 4.79 Å². The molecule has 1 aliphatic heterocycles. The summed E-state index contributed by atoms with van der Waals surface area (Å²) < 4.78 is 0. The number of hydrogen-bond acceptors (Lipinski definition) is 4. The second kappa shape index (κ2) is 6.72. The van der Waals surface area contributed by atoms with Gasteiger partial charge < -0.3 is 10.2 Å². The smallest absolute Gasteiger partial charge is 0.225 e. The SMILES string of the molecule is N#Cc1ccc2nc(NC3CCN(C(=O)C4CCCC4)C3)ccc2c1. The molecule has 1 saturated carbocycles. The average Bonchev–Trinajstić information content (AvgIpc) is 3.33. The Morgan fingerprint density at radius 3 is 2.84 bits per heavy atom. The summed E-state index contributed by atoms with van der Waals surface area (Å²) in [6.45, 7) is 1.61. The number of amides is 1. The van der Waals surface area contributed by atoms with E-state index in [0.29, 0.717) is 11.5 Å². The quantitative estimate of drug-likeness (QED) is 0.935. The molecule has 0 radical (unpaired) electrons. The lowest BCUT2D eigenvalue weighted by Gasteiger charge is -2.21. The van der Waals surface area contributed by atoms with E-state index < -0.39 is 0 Å². The molecule has 1 aromatic heterocycles. The highest BCUT2D eigenvalue weighted by atomic mass is 16.2. The Balaban J connectivity index is 1.41. The van der Waals surface area contributed by atoms with Crippen molar-refractivity contribution in [2.75, 3.05) is 18.4 Å². The van der Waals surface area contributed by atoms with Gasteiger partial charge in [-0.1, -0.05) is 12.8 Å². The van der Waals surface area contributed by atoms with Crippen molar-refractivity contribution in [3.05, 3.63) is 35.9 Å². The summed E-state index contributed by atoms with van der Waals surface area (Å²) in [4.78, 5) is 19.2. The van der Waals surface area contributed by atoms with E-state index in [0.717, 1.165) is 49.1 Å². The summed E-state index contributed by atoms with van der Waals surface area (Å²) in [7, 11) is 0. The van der Waals surface area contributed by atoms with Gasteiger partial charge in [0, 0.05) is 30.4 Å². The zero-order chi connectivity index (χ0) is 17.2. The summed E-state index contributed by atoms with van der Waals surface area (Å²) in [6.07, 6.45) is 5.47. The lowest BCUT2D eigenvalue weighted by atomic mass is 10.1. The van der Waals surface area contributed by atoms with Gasteiger partial charge in [0.05, 0.1) is 17.1 Å². The van der Waals surface area contributed by atoms with Gasteiger partial charge in [-0.2, -0.15) is 5.26 Å². The Morgan fingerprint density at radius 2 is 2.04 bits per heavy atom. The van der Waals surface area contributed by atoms with Crippen molar-refractivity contribution < 1.29 is 4.79 Å². The summed E-state index contributed by atoms with van der Waals surface area (Å²) in [5.41, 5.74) is 1.52. The van der Waals surface area contributed by atoms with Gasteiger partial charge in [0.1, 0.15) is 5.82 Å². The van der Waals surface area contributed by atoms with Crippen molar-refractivity contribution in [3.63, 3.8) is 0 Å². The van der Waals surface area contributed by atoms with Crippen LogP contribution in [0.4, 0.5) is 5.82 Å². The first-order valence-electron chi connectivity index (χ1n) is 9.09. The van der Waals surface area contributed by atoms with E-state index in [9.17, 15) is 4.79 Å². The maximum absolute atomic E-state index is 12.5. The van der Waals surface area contributed by atoms with Crippen LogP contribution in [0.5, 0.6) is 0 Å². The molecule has 2 fully saturated rings. The van der Waals surface area contributed by atoms with Gasteiger partial charge in [0.2, 0.25) is 5.91 Å². The topological polar surface area (TPSA) is 69.0 Å². The molecule has 5 heteroatoms. The molecule has 1 unspecified atom stereocenters. The number of nitrogens with one attached hydrogen (secondary N) is 1. The summed E-state index contributed by atoms with van der Waals surface area (Å²) in [5, 5.41) is 13.4. The van der Waals surface area contributed by atoms with Crippen molar-refractivity contribution in [2.24, 2.45) is 5.92 Å². The van der Waals surface area contributed by atoms with Gasteiger partial charge in [0.25, 0.3) is 0 Å². The molecule has 1 atom stereocenters. The van der Waals surface area contributed by atoms with E-state index in [1.54, 1.807) is 6.07 Å². The first-order valence-corrected chi connectivity index (χ1v) is 9.09. The van der Waals surface area contributed by atoms with E-state index >= 15 is 0 Å². The van der Waals surface area contributed by atoms with Crippen LogP contribution in [-0.4, -0.2) is 34.9 Å². The molecule has 4 rings (SSSR count). The van der Waals surface area contributed by atoms with E-state index in [2.05, 4.69) is 16.4 Å². The van der Waals surface area contributed by atoms with Crippen molar-refractivity contribution in [1.82, 2.24) is 9.88 Å². The van der Waals surface area contributed by atoms with Crippen molar-refractivity contribution >= 4 is 22.6 Å². The van der Waals surface area contributed by atoms with Crippen LogP contribution in [0, 0.1) is 17.2 Å². The lowest BCUT2D eigenvalue weighted by molar-refractivity contribution is -0.134. The summed E-state index contributed by atoms with van der Waals surface area (Å²) in [6, 6.07) is 11.9. The highest BCUT2D eigenvalue weighted by molar-refractivity contribution is 5.82. The third-order valence-corrected chi connectivity index (χ3v) is 5.37. The fourth-order valence-electron chi connectivity index (χ4n) is 3.99. The number of anilines is 1. The lowest BCUT2D eigenvalue weighted by Crippen LogP contribution is -2.35. The minimum Gasteiger partial charge on any atom is -0.365 e. The van der Waals surface area contributed by atoms with Crippen LogP contribution in [0.25, 0.3) is 10.9 Å². The van der Waals surface area contributed by atoms with Crippen molar-refractivity contribution in [3.8, 4) is 6.07 Å². The van der Waals surface area contributed by atoms with Gasteiger partial charge in [0.15, 0.2) is 0 Å². The first kappa shape index (κ1) is 15.9. The summed E-state index contributed by atoms with van der Waals surface area (Å²) >= 11 is 0. The van der Waals surface area contributed by atoms with Crippen LogP contribution in [0.15, 0.2) is 30.3 Å². The molecule has 128 valence electrons. The minimum atomic E-state index is 0.256. The standard InChI is InChI=1S/C20H22N4O/c21-12-14-5-7-18-16(11-14)6-8-19(23-18)22-17-9-10-24(13-17)20(25)15-3-1-2-4-15/h5-8,11,15,17H,1-4,9-10,13H2,(H,22,23). The number of pyridine rings is 1. The van der Waals surface area contributed by atoms with Crippen molar-refractivity contribution in [1.29, 1.82) is 5.26 Å². The van der Waals surface area contributed by atoms with Crippen LogP contribution >= 0.6 is 0 Å². The van der Waals surface area contributed by atoms with Crippen LogP contribution < -0.4 is 5.32 Å². The number of fused-ring (bicyclic) bond motifs is 1. The largest absolute Gasteiger partial charge is 0.365 e. The third kappa shape index (κ3) is 3.30. The van der Waals surface area contributed by atoms with E-state index in [1.807, 2.05) is 29.2 Å². The van der Waals surface area contributed by atoms with E-state index in [-0.39, 0.29) is 12.0 Å². The molecule has 1 aromatic carbocycles. The highest BCUT2D eigenvalue weighted by Crippen LogP contribution is 2.28. The zero-order valence-electron chi connectivity index (χ0n) is 14.2. The monoisotopic (exact) mass is 334 g/mol. The van der Waals surface area contributed by atoms with E-state index in [1.165, 1.54) is 12.8 Å². The van der Waals surface area contributed by atoms with Gasteiger partial charge in [-0.15, -0.1) is 0 Å². The Morgan fingerprint density at radius 1 is 1.20 bits per heavy atom. The Bertz CT molecular complexity index is 835. The molecule has 25 heavy (non-hydrogen) atoms. The maximum atomic E-state index is 12.5. The number of carbonyl (C=O) groups excluding carboxylic acids is 1. The molecule has 2 heterocycles. The highest BCUT2D eigenvalue weighted by Gasteiger charge is 2.32. The molecule has 1 saturated heterocycles. The molecule has 1 aliphatic carbocycles. The third-order valence-electron chi connectivity index (χ3n) is 5.37. The van der Waals surface area contributed by atoms with Crippen LogP contribution in [0.2, 0.25) is 0 Å². The number of aromatic nitrogens is 1. The number of carbonyl (C=O) groups is 1. The second-order valence-corrected chi connectivity index (χ2v) is 7.11. The van der Waals surface area contributed by atoms with Gasteiger partial charge >= 0.3 is 0 Å². The molecule has 5 nitrogen and oxygen atoms in total. The summed E-state index contributed by atoms with van der Waals surface area (Å²) in [5.74, 6) is 1.43. The number of nitrogens with zero attached hydrogens (tertiary/aromatic N) is 3. The molecule has 2 aromatic rings. The molecule has 1 N–H and O–H groups in total. The fraction of sp³-hybridized carbons (Fsp3) is 0.450. The predicted octanol–water partition coefficient (Wildman–Crippen LogP) is 3.31. The first-order chi connectivity index (χ1) is 12.2. The second-order valence-electron chi connectivity index (χ2n) is 7.11. The number of nitriles is 1. The molecular formula is C20H22N4O. The number of rotatable bonds is 3. The zero-order valence-corrected chi connectivity index (χ0v) is 14.2.